The minimum atomic E-state index is 0.340. The molecule has 1 aliphatic heterocycles. The van der Waals surface area contributed by atoms with Crippen molar-refractivity contribution in [1.82, 2.24) is 5.32 Å². The van der Waals surface area contributed by atoms with E-state index in [0.717, 1.165) is 32.4 Å². The highest BCUT2D eigenvalue weighted by Gasteiger charge is 2.13. The molecule has 1 aromatic carbocycles. The number of aryl methyl sites for hydroxylation is 1. The molecule has 0 saturated carbocycles. The molecule has 3 nitrogen and oxygen atoms in total. The number of phenolic OH excluding ortho intramolecular Hbond substituents is 1. The Morgan fingerprint density at radius 2 is 2.10 bits per heavy atom. The molecule has 0 amide bonds. The van der Waals surface area contributed by atoms with Crippen LogP contribution in [0.1, 0.15) is 44.6 Å². The number of hydrogen-bond acceptors (Lipinski definition) is 3. The lowest BCUT2D eigenvalue weighted by Gasteiger charge is -2.23. The average Bonchev–Trinajstić information content (AvgIpc) is 2.48. The van der Waals surface area contributed by atoms with Crippen molar-refractivity contribution in [3.05, 3.63) is 29.8 Å². The van der Waals surface area contributed by atoms with Gasteiger partial charge in [0.25, 0.3) is 0 Å². The van der Waals surface area contributed by atoms with Gasteiger partial charge in [0, 0.05) is 12.6 Å². The standard InChI is InChI=1S/C17H27NO2/c1-14(5-6-15-7-9-16(19)10-8-15)18-12-11-17-4-2-3-13-20-17/h7-10,14,17-19H,2-6,11-13H2,1H3. The molecule has 2 N–H and O–H groups in total. The number of benzene rings is 1. The van der Waals surface area contributed by atoms with Gasteiger partial charge in [0.15, 0.2) is 0 Å². The molecule has 112 valence electrons. The van der Waals surface area contributed by atoms with Crippen LogP contribution in [0.4, 0.5) is 0 Å². The van der Waals surface area contributed by atoms with E-state index in [1.54, 1.807) is 12.1 Å². The zero-order valence-electron chi connectivity index (χ0n) is 12.5. The fourth-order valence-corrected chi connectivity index (χ4v) is 2.67. The van der Waals surface area contributed by atoms with Crippen LogP contribution in [-0.2, 0) is 11.2 Å². The van der Waals surface area contributed by atoms with E-state index in [1.807, 2.05) is 12.1 Å². The molecule has 1 saturated heterocycles. The Hall–Kier alpha value is -1.06. The summed E-state index contributed by atoms with van der Waals surface area (Å²) in [6, 6.07) is 8.03. The van der Waals surface area contributed by atoms with Crippen LogP contribution in [0.2, 0.25) is 0 Å². The predicted octanol–water partition coefficient (Wildman–Crippen LogP) is 3.26. The summed E-state index contributed by atoms with van der Waals surface area (Å²) in [6.45, 7) is 4.23. The Morgan fingerprint density at radius 1 is 1.30 bits per heavy atom. The Kier molecular flexibility index (Phi) is 6.34. The lowest BCUT2D eigenvalue weighted by Crippen LogP contribution is -2.31. The van der Waals surface area contributed by atoms with Gasteiger partial charge in [0.1, 0.15) is 5.75 Å². The summed E-state index contributed by atoms with van der Waals surface area (Å²) in [5.74, 6) is 0.340. The summed E-state index contributed by atoms with van der Waals surface area (Å²) in [4.78, 5) is 0. The van der Waals surface area contributed by atoms with E-state index in [2.05, 4.69) is 12.2 Å². The largest absolute Gasteiger partial charge is 0.508 e. The number of hydrogen-bond donors (Lipinski definition) is 2. The number of ether oxygens (including phenoxy) is 1. The van der Waals surface area contributed by atoms with E-state index in [0.29, 0.717) is 17.9 Å². The maximum Gasteiger partial charge on any atom is 0.115 e. The van der Waals surface area contributed by atoms with Crippen molar-refractivity contribution in [3.8, 4) is 5.75 Å². The van der Waals surface area contributed by atoms with Gasteiger partial charge in [0.2, 0.25) is 0 Å². The van der Waals surface area contributed by atoms with E-state index in [1.165, 1.54) is 24.8 Å². The maximum absolute atomic E-state index is 9.25. The minimum absolute atomic E-state index is 0.340. The molecule has 0 aliphatic carbocycles. The van der Waals surface area contributed by atoms with Crippen LogP contribution >= 0.6 is 0 Å². The Morgan fingerprint density at radius 3 is 2.80 bits per heavy atom. The van der Waals surface area contributed by atoms with E-state index in [9.17, 15) is 5.11 Å². The van der Waals surface area contributed by atoms with E-state index < -0.39 is 0 Å². The monoisotopic (exact) mass is 277 g/mol. The second-order valence-electron chi connectivity index (χ2n) is 5.84. The van der Waals surface area contributed by atoms with Crippen LogP contribution in [0.3, 0.4) is 0 Å². The number of nitrogens with one attached hydrogen (secondary N) is 1. The number of rotatable bonds is 7. The Bertz CT molecular complexity index is 371. The quantitative estimate of drug-likeness (QED) is 0.804. The van der Waals surface area contributed by atoms with E-state index >= 15 is 0 Å². The van der Waals surface area contributed by atoms with Crippen LogP contribution in [0.5, 0.6) is 5.75 Å². The van der Waals surface area contributed by atoms with Gasteiger partial charge in [0.05, 0.1) is 6.10 Å². The van der Waals surface area contributed by atoms with Crippen molar-refractivity contribution >= 4 is 0 Å². The van der Waals surface area contributed by atoms with Crippen molar-refractivity contribution in [2.45, 2.75) is 57.6 Å². The molecular formula is C17H27NO2. The predicted molar refractivity (Wildman–Crippen MR) is 82.1 cm³/mol. The van der Waals surface area contributed by atoms with Gasteiger partial charge in [-0.2, -0.15) is 0 Å². The van der Waals surface area contributed by atoms with Gasteiger partial charge < -0.3 is 15.2 Å². The van der Waals surface area contributed by atoms with E-state index in [4.69, 9.17) is 4.74 Å². The minimum Gasteiger partial charge on any atom is -0.508 e. The van der Waals surface area contributed by atoms with Gasteiger partial charge in [-0.05, 0) is 69.7 Å². The summed E-state index contributed by atoms with van der Waals surface area (Å²) >= 11 is 0. The summed E-state index contributed by atoms with van der Waals surface area (Å²) in [5, 5.41) is 12.8. The van der Waals surface area contributed by atoms with Gasteiger partial charge in [-0.15, -0.1) is 0 Å². The second kappa shape index (κ2) is 8.28. The molecule has 2 atom stereocenters. The SMILES string of the molecule is CC(CCc1ccc(O)cc1)NCCC1CCCCO1. The Labute approximate surface area is 122 Å². The molecule has 0 aromatic heterocycles. The van der Waals surface area contributed by atoms with Crippen LogP contribution in [0, 0.1) is 0 Å². The molecule has 2 unspecified atom stereocenters. The first-order valence-corrected chi connectivity index (χ1v) is 7.87. The maximum atomic E-state index is 9.25. The molecule has 0 spiro atoms. The van der Waals surface area contributed by atoms with Crippen molar-refractivity contribution in [3.63, 3.8) is 0 Å². The molecule has 1 aromatic rings. The first kappa shape index (κ1) is 15.3. The van der Waals surface area contributed by atoms with Gasteiger partial charge in [-0.3, -0.25) is 0 Å². The van der Waals surface area contributed by atoms with E-state index in [-0.39, 0.29) is 0 Å². The average molecular weight is 277 g/mol. The molecular weight excluding hydrogens is 250 g/mol. The lowest BCUT2D eigenvalue weighted by molar-refractivity contribution is 0.0112. The first-order chi connectivity index (χ1) is 9.74. The van der Waals surface area contributed by atoms with Crippen LogP contribution in [0.15, 0.2) is 24.3 Å². The lowest BCUT2D eigenvalue weighted by atomic mass is 10.0. The topological polar surface area (TPSA) is 41.5 Å². The van der Waals surface area contributed by atoms with Gasteiger partial charge >= 0.3 is 0 Å². The van der Waals surface area contributed by atoms with Crippen molar-refractivity contribution in [2.24, 2.45) is 0 Å². The third-order valence-electron chi connectivity index (χ3n) is 4.04. The third kappa shape index (κ3) is 5.51. The summed E-state index contributed by atoms with van der Waals surface area (Å²) in [6.07, 6.45) is 7.55. The molecule has 1 heterocycles. The summed E-state index contributed by atoms with van der Waals surface area (Å²) < 4.78 is 5.74. The smallest absolute Gasteiger partial charge is 0.115 e. The molecule has 3 heteroatoms. The first-order valence-electron chi connectivity index (χ1n) is 7.87. The third-order valence-corrected chi connectivity index (χ3v) is 4.04. The van der Waals surface area contributed by atoms with Crippen molar-refractivity contribution < 1.29 is 9.84 Å². The fraction of sp³-hybridized carbons (Fsp3) is 0.647. The molecule has 1 fully saturated rings. The zero-order chi connectivity index (χ0) is 14.2. The van der Waals surface area contributed by atoms with Gasteiger partial charge in [-0.25, -0.2) is 0 Å². The highest BCUT2D eigenvalue weighted by molar-refractivity contribution is 5.25. The van der Waals surface area contributed by atoms with Gasteiger partial charge in [-0.1, -0.05) is 12.1 Å². The second-order valence-corrected chi connectivity index (χ2v) is 5.84. The van der Waals surface area contributed by atoms with Crippen molar-refractivity contribution in [2.75, 3.05) is 13.2 Å². The van der Waals surface area contributed by atoms with Crippen LogP contribution in [-0.4, -0.2) is 30.4 Å². The van der Waals surface area contributed by atoms with Crippen LogP contribution < -0.4 is 5.32 Å². The zero-order valence-corrected chi connectivity index (χ0v) is 12.5. The normalized spacial score (nSPS) is 20.8. The number of aromatic hydroxyl groups is 1. The van der Waals surface area contributed by atoms with Crippen molar-refractivity contribution in [1.29, 1.82) is 0 Å². The molecule has 0 bridgehead atoms. The van der Waals surface area contributed by atoms with Crippen LogP contribution in [0.25, 0.3) is 0 Å². The fourth-order valence-electron chi connectivity index (χ4n) is 2.67. The molecule has 0 radical (unpaired) electrons. The molecule has 2 rings (SSSR count). The summed E-state index contributed by atoms with van der Waals surface area (Å²) in [7, 11) is 0. The molecule has 1 aliphatic rings. The highest BCUT2D eigenvalue weighted by atomic mass is 16.5. The summed E-state index contributed by atoms with van der Waals surface area (Å²) in [5.41, 5.74) is 1.28. The Balaban J connectivity index is 1.57. The number of phenols is 1. The highest BCUT2D eigenvalue weighted by Crippen LogP contribution is 2.15. The molecule has 20 heavy (non-hydrogen) atoms.